The number of pyridine rings is 1. The van der Waals surface area contributed by atoms with Gasteiger partial charge in [0.1, 0.15) is 5.56 Å². The van der Waals surface area contributed by atoms with E-state index in [4.69, 9.17) is 28.3 Å². The van der Waals surface area contributed by atoms with E-state index in [-0.39, 0.29) is 10.8 Å². The van der Waals surface area contributed by atoms with Gasteiger partial charge in [-0.05, 0) is 24.3 Å². The van der Waals surface area contributed by atoms with E-state index in [0.717, 1.165) is 6.07 Å². The Morgan fingerprint density at radius 1 is 1.32 bits per heavy atom. The fourth-order valence-electron chi connectivity index (χ4n) is 1.41. The van der Waals surface area contributed by atoms with Crippen molar-refractivity contribution in [2.45, 2.75) is 0 Å². The van der Waals surface area contributed by atoms with Crippen molar-refractivity contribution < 1.29 is 14.3 Å². The van der Waals surface area contributed by atoms with Gasteiger partial charge in [-0.3, -0.25) is 0 Å². The van der Waals surface area contributed by atoms with Crippen LogP contribution in [0, 0.1) is 5.82 Å². The number of carboxylic acid groups (broad SMARTS) is 1. The Morgan fingerprint density at radius 3 is 2.68 bits per heavy atom. The van der Waals surface area contributed by atoms with Crippen molar-refractivity contribution in [2.75, 3.05) is 5.32 Å². The average molecular weight is 301 g/mol. The van der Waals surface area contributed by atoms with Crippen LogP contribution in [0.3, 0.4) is 0 Å². The number of rotatable bonds is 3. The molecule has 0 spiro atoms. The SMILES string of the molecule is O=C(O)c1ccnc(Nc2ccc(Cl)cc2Cl)c1F. The van der Waals surface area contributed by atoms with E-state index in [9.17, 15) is 9.18 Å². The summed E-state index contributed by atoms with van der Waals surface area (Å²) in [6.45, 7) is 0. The van der Waals surface area contributed by atoms with Crippen molar-refractivity contribution in [2.24, 2.45) is 0 Å². The second kappa shape index (κ2) is 5.42. The van der Waals surface area contributed by atoms with E-state index in [0.29, 0.717) is 10.7 Å². The number of carbonyl (C=O) groups is 1. The molecule has 0 radical (unpaired) electrons. The summed E-state index contributed by atoms with van der Waals surface area (Å²) in [4.78, 5) is 14.5. The van der Waals surface area contributed by atoms with E-state index >= 15 is 0 Å². The maximum Gasteiger partial charge on any atom is 0.338 e. The molecule has 0 aliphatic rings. The van der Waals surface area contributed by atoms with E-state index < -0.39 is 17.3 Å². The van der Waals surface area contributed by atoms with Gasteiger partial charge >= 0.3 is 5.97 Å². The molecule has 7 heteroatoms. The summed E-state index contributed by atoms with van der Waals surface area (Å²) in [6, 6.07) is 5.66. The first-order valence-corrected chi connectivity index (χ1v) is 5.84. The molecule has 19 heavy (non-hydrogen) atoms. The van der Waals surface area contributed by atoms with Gasteiger partial charge < -0.3 is 10.4 Å². The van der Waals surface area contributed by atoms with Crippen molar-refractivity contribution in [3.63, 3.8) is 0 Å². The maximum atomic E-state index is 13.8. The van der Waals surface area contributed by atoms with Gasteiger partial charge in [0.15, 0.2) is 11.6 Å². The third-order valence-corrected chi connectivity index (χ3v) is 2.85. The molecule has 1 aromatic carbocycles. The number of hydrogen-bond donors (Lipinski definition) is 2. The van der Waals surface area contributed by atoms with Crippen molar-refractivity contribution >= 4 is 40.7 Å². The van der Waals surface area contributed by atoms with E-state index in [1.54, 1.807) is 12.1 Å². The smallest absolute Gasteiger partial charge is 0.338 e. The number of hydrogen-bond acceptors (Lipinski definition) is 3. The molecule has 2 aromatic rings. The lowest BCUT2D eigenvalue weighted by Crippen LogP contribution is -2.05. The molecule has 0 aliphatic heterocycles. The Balaban J connectivity index is 2.38. The van der Waals surface area contributed by atoms with Crippen LogP contribution in [0.15, 0.2) is 30.5 Å². The van der Waals surface area contributed by atoms with Crippen molar-refractivity contribution in [3.8, 4) is 0 Å². The Morgan fingerprint density at radius 2 is 2.05 bits per heavy atom. The van der Waals surface area contributed by atoms with Crippen molar-refractivity contribution in [1.29, 1.82) is 0 Å². The average Bonchev–Trinajstić information content (AvgIpc) is 2.34. The predicted molar refractivity (Wildman–Crippen MR) is 70.9 cm³/mol. The van der Waals surface area contributed by atoms with Gasteiger partial charge in [0.2, 0.25) is 0 Å². The number of benzene rings is 1. The summed E-state index contributed by atoms with van der Waals surface area (Å²) in [7, 11) is 0. The molecule has 2 N–H and O–H groups in total. The second-order valence-corrected chi connectivity index (χ2v) is 4.42. The summed E-state index contributed by atoms with van der Waals surface area (Å²) in [6.07, 6.45) is 1.19. The van der Waals surface area contributed by atoms with Crippen LogP contribution in [0.5, 0.6) is 0 Å². The van der Waals surface area contributed by atoms with Gasteiger partial charge in [-0.1, -0.05) is 23.2 Å². The zero-order valence-electron chi connectivity index (χ0n) is 9.32. The van der Waals surface area contributed by atoms with Crippen LogP contribution in [-0.2, 0) is 0 Å². The van der Waals surface area contributed by atoms with Gasteiger partial charge in [0, 0.05) is 11.2 Å². The maximum absolute atomic E-state index is 13.8. The van der Waals surface area contributed by atoms with Crippen LogP contribution >= 0.6 is 23.2 Å². The lowest BCUT2D eigenvalue weighted by Gasteiger charge is -2.09. The van der Waals surface area contributed by atoms with Crippen LogP contribution in [0.25, 0.3) is 0 Å². The van der Waals surface area contributed by atoms with Gasteiger partial charge in [0.05, 0.1) is 10.7 Å². The standard InChI is InChI=1S/C12H7Cl2FN2O2/c13-6-1-2-9(8(14)5-6)17-11-10(15)7(12(18)19)3-4-16-11/h1-5H,(H,16,17)(H,18,19). The zero-order valence-corrected chi connectivity index (χ0v) is 10.8. The molecule has 1 aromatic heterocycles. The summed E-state index contributed by atoms with van der Waals surface area (Å²) in [5, 5.41) is 12.1. The molecule has 0 saturated carbocycles. The molecule has 0 amide bonds. The van der Waals surface area contributed by atoms with Crippen LogP contribution < -0.4 is 5.32 Å². The number of halogens is 3. The molecule has 0 fully saturated rings. The van der Waals surface area contributed by atoms with Gasteiger partial charge in [-0.25, -0.2) is 14.2 Å². The first-order chi connectivity index (χ1) is 8.99. The lowest BCUT2D eigenvalue weighted by atomic mass is 10.2. The Labute approximate surface area is 117 Å². The highest BCUT2D eigenvalue weighted by atomic mass is 35.5. The normalized spacial score (nSPS) is 10.3. The minimum atomic E-state index is -1.37. The number of aromatic carboxylic acids is 1. The van der Waals surface area contributed by atoms with Gasteiger partial charge in [-0.15, -0.1) is 0 Å². The number of nitrogens with one attached hydrogen (secondary N) is 1. The van der Waals surface area contributed by atoms with Gasteiger partial charge in [-0.2, -0.15) is 0 Å². The lowest BCUT2D eigenvalue weighted by molar-refractivity contribution is 0.0692. The number of anilines is 2. The molecule has 0 unspecified atom stereocenters. The highest BCUT2D eigenvalue weighted by Gasteiger charge is 2.15. The van der Waals surface area contributed by atoms with Gasteiger partial charge in [0.25, 0.3) is 0 Å². The van der Waals surface area contributed by atoms with E-state index in [2.05, 4.69) is 10.3 Å². The third kappa shape index (κ3) is 2.94. The molecule has 0 atom stereocenters. The largest absolute Gasteiger partial charge is 0.478 e. The minimum Gasteiger partial charge on any atom is -0.478 e. The summed E-state index contributed by atoms with van der Waals surface area (Å²) < 4.78 is 13.8. The van der Waals surface area contributed by atoms with Crippen LogP contribution in [-0.4, -0.2) is 16.1 Å². The molecule has 0 saturated heterocycles. The third-order valence-electron chi connectivity index (χ3n) is 2.30. The second-order valence-electron chi connectivity index (χ2n) is 3.58. The van der Waals surface area contributed by atoms with Crippen molar-refractivity contribution in [1.82, 2.24) is 4.98 Å². The summed E-state index contributed by atoms with van der Waals surface area (Å²) in [5.41, 5.74) is -0.0948. The fraction of sp³-hybridized carbons (Fsp3) is 0. The predicted octanol–water partition coefficient (Wildman–Crippen LogP) is 3.97. The van der Waals surface area contributed by atoms with Crippen LogP contribution in [0.2, 0.25) is 10.0 Å². The monoisotopic (exact) mass is 300 g/mol. The quantitative estimate of drug-likeness (QED) is 0.900. The van der Waals surface area contributed by atoms with E-state index in [1.807, 2.05) is 0 Å². The fourth-order valence-corrected chi connectivity index (χ4v) is 1.87. The zero-order chi connectivity index (χ0) is 14.0. The minimum absolute atomic E-state index is 0.218. The molecule has 2 rings (SSSR count). The molecular formula is C12H7Cl2FN2O2. The Hall–Kier alpha value is -1.85. The molecule has 0 aliphatic carbocycles. The number of aromatic nitrogens is 1. The summed E-state index contributed by atoms with van der Waals surface area (Å²) in [5.74, 6) is -2.55. The molecule has 98 valence electrons. The van der Waals surface area contributed by atoms with Crippen LogP contribution in [0.1, 0.15) is 10.4 Å². The van der Waals surface area contributed by atoms with Crippen LogP contribution in [0.4, 0.5) is 15.9 Å². The molecule has 4 nitrogen and oxygen atoms in total. The van der Waals surface area contributed by atoms with E-state index in [1.165, 1.54) is 12.3 Å². The highest BCUT2D eigenvalue weighted by molar-refractivity contribution is 6.36. The molecule has 1 heterocycles. The molecular weight excluding hydrogens is 294 g/mol. The van der Waals surface area contributed by atoms with Crippen molar-refractivity contribution in [3.05, 3.63) is 51.9 Å². The number of nitrogens with zero attached hydrogens (tertiary/aromatic N) is 1. The first kappa shape index (κ1) is 13.6. The Kier molecular flexibility index (Phi) is 3.87. The Bertz CT molecular complexity index is 650. The topological polar surface area (TPSA) is 62.2 Å². The summed E-state index contributed by atoms with van der Waals surface area (Å²) >= 11 is 11.7. The number of carboxylic acids is 1. The highest BCUT2D eigenvalue weighted by Crippen LogP contribution is 2.28. The molecule has 0 bridgehead atoms. The first-order valence-electron chi connectivity index (χ1n) is 5.09.